The van der Waals surface area contributed by atoms with E-state index in [1.54, 1.807) is 0 Å². The van der Waals surface area contributed by atoms with Gasteiger partial charge in [0.15, 0.2) is 0 Å². The van der Waals surface area contributed by atoms with Crippen molar-refractivity contribution in [1.29, 1.82) is 0 Å². The molecule has 1 aromatic carbocycles. The molecule has 1 aromatic rings. The van der Waals surface area contributed by atoms with E-state index in [-0.39, 0.29) is 12.0 Å². The molecular weight excluding hydrogens is 242 g/mol. The van der Waals surface area contributed by atoms with E-state index in [0.29, 0.717) is 0 Å². The highest BCUT2D eigenvalue weighted by Crippen LogP contribution is 2.48. The molecule has 0 spiro atoms. The first-order chi connectivity index (χ1) is 9.06. The van der Waals surface area contributed by atoms with Crippen LogP contribution in [0.4, 0.5) is 5.69 Å². The van der Waals surface area contributed by atoms with Crippen molar-refractivity contribution < 1.29 is 14.6 Å². The minimum atomic E-state index is -0.865. The van der Waals surface area contributed by atoms with E-state index in [2.05, 4.69) is 4.90 Å². The number of carbonyl (C=O) groups excluding carboxylic acids is 1. The number of anilines is 1. The number of rotatable bonds is 1. The van der Waals surface area contributed by atoms with Gasteiger partial charge in [-0.15, -0.1) is 0 Å². The summed E-state index contributed by atoms with van der Waals surface area (Å²) in [6, 6.07) is 7.67. The number of aliphatic hydroxyl groups is 1. The predicted octanol–water partition coefficient (Wildman–Crippen LogP) is 1.68. The van der Waals surface area contributed by atoms with Gasteiger partial charge >= 0.3 is 5.97 Å². The number of para-hydroxylation sites is 1. The van der Waals surface area contributed by atoms with Crippen LogP contribution in [0.5, 0.6) is 0 Å². The molecule has 4 nitrogen and oxygen atoms in total. The average molecular weight is 261 g/mol. The lowest BCUT2D eigenvalue weighted by atomic mass is 9.79. The first kappa shape index (κ1) is 12.5. The summed E-state index contributed by atoms with van der Waals surface area (Å²) in [7, 11) is 1.41. The van der Waals surface area contributed by atoms with Gasteiger partial charge in [-0.3, -0.25) is 4.79 Å². The molecule has 0 aliphatic carbocycles. The fourth-order valence-corrected chi connectivity index (χ4v) is 3.60. The molecule has 0 aromatic heterocycles. The molecule has 3 atom stereocenters. The standard InChI is InChI=1S/C15H19NO3/c1-15(18)8-5-9-16-11-7-4-3-6-10(11)12(13(15)16)14(17)19-2/h3-4,6-7,12-13,18H,5,8-9H2,1-2H3/t12-,13+,15-/m0/s1. The van der Waals surface area contributed by atoms with E-state index >= 15 is 0 Å². The summed E-state index contributed by atoms with van der Waals surface area (Å²) in [5.74, 6) is -0.654. The summed E-state index contributed by atoms with van der Waals surface area (Å²) < 4.78 is 4.96. The molecule has 0 amide bonds. The summed E-state index contributed by atoms with van der Waals surface area (Å²) in [6.07, 6.45) is 1.65. The Morgan fingerprint density at radius 3 is 2.95 bits per heavy atom. The quantitative estimate of drug-likeness (QED) is 0.781. The number of ether oxygens (including phenoxy) is 1. The first-order valence-corrected chi connectivity index (χ1v) is 6.72. The van der Waals surface area contributed by atoms with E-state index in [0.717, 1.165) is 30.6 Å². The van der Waals surface area contributed by atoms with Crippen LogP contribution in [0.3, 0.4) is 0 Å². The number of fused-ring (bicyclic) bond motifs is 3. The second-order valence-electron chi connectivity index (χ2n) is 5.66. The van der Waals surface area contributed by atoms with Crippen molar-refractivity contribution in [2.24, 2.45) is 0 Å². The van der Waals surface area contributed by atoms with Crippen LogP contribution in [0.15, 0.2) is 24.3 Å². The molecule has 2 aliphatic rings. The number of methoxy groups -OCH3 is 1. The normalized spacial score (nSPS) is 32.7. The molecular formula is C15H19NO3. The third-order valence-corrected chi connectivity index (χ3v) is 4.41. The second kappa shape index (κ2) is 4.23. The van der Waals surface area contributed by atoms with E-state index in [4.69, 9.17) is 4.74 Å². The van der Waals surface area contributed by atoms with E-state index in [1.807, 2.05) is 31.2 Å². The van der Waals surface area contributed by atoms with Crippen LogP contribution >= 0.6 is 0 Å². The Hall–Kier alpha value is -1.55. The maximum atomic E-state index is 12.2. The number of hydrogen-bond acceptors (Lipinski definition) is 4. The fourth-order valence-electron chi connectivity index (χ4n) is 3.60. The van der Waals surface area contributed by atoms with Crippen molar-refractivity contribution in [1.82, 2.24) is 0 Å². The molecule has 0 bridgehead atoms. The lowest BCUT2D eigenvalue weighted by molar-refractivity contribution is -0.145. The van der Waals surface area contributed by atoms with Gasteiger partial charge in [0.2, 0.25) is 0 Å². The summed E-state index contributed by atoms with van der Waals surface area (Å²) in [5, 5.41) is 10.7. The van der Waals surface area contributed by atoms with E-state index < -0.39 is 11.5 Å². The van der Waals surface area contributed by atoms with Crippen molar-refractivity contribution in [3.63, 3.8) is 0 Å². The Labute approximate surface area is 113 Å². The summed E-state index contributed by atoms with van der Waals surface area (Å²) in [6.45, 7) is 2.71. The summed E-state index contributed by atoms with van der Waals surface area (Å²) >= 11 is 0. The van der Waals surface area contributed by atoms with Crippen LogP contribution in [-0.4, -0.2) is 36.4 Å². The smallest absolute Gasteiger partial charge is 0.315 e. The monoisotopic (exact) mass is 261 g/mol. The number of hydrogen-bond donors (Lipinski definition) is 1. The maximum Gasteiger partial charge on any atom is 0.315 e. The van der Waals surface area contributed by atoms with Crippen LogP contribution in [0.25, 0.3) is 0 Å². The lowest BCUT2D eigenvalue weighted by Crippen LogP contribution is -2.56. The Balaban J connectivity index is 2.13. The SMILES string of the molecule is COC(=O)[C@H]1c2ccccc2N2CCC[C@](C)(O)[C@@H]12. The van der Waals surface area contributed by atoms with Crippen LogP contribution in [0, 0.1) is 0 Å². The zero-order chi connectivity index (χ0) is 13.6. The van der Waals surface area contributed by atoms with Gasteiger partial charge in [0.25, 0.3) is 0 Å². The molecule has 0 unspecified atom stereocenters. The van der Waals surface area contributed by atoms with E-state index in [1.165, 1.54) is 7.11 Å². The highest BCUT2D eigenvalue weighted by Gasteiger charge is 2.53. The minimum absolute atomic E-state index is 0.217. The van der Waals surface area contributed by atoms with Crippen LogP contribution in [0.1, 0.15) is 31.2 Å². The number of esters is 1. The van der Waals surface area contributed by atoms with Gasteiger partial charge in [0, 0.05) is 12.2 Å². The van der Waals surface area contributed by atoms with Crippen molar-refractivity contribution >= 4 is 11.7 Å². The molecule has 2 heterocycles. The van der Waals surface area contributed by atoms with Gasteiger partial charge in [-0.05, 0) is 31.4 Å². The van der Waals surface area contributed by atoms with Gasteiger partial charge in [0.1, 0.15) is 5.92 Å². The molecule has 1 saturated heterocycles. The van der Waals surface area contributed by atoms with Gasteiger partial charge in [-0.25, -0.2) is 0 Å². The molecule has 0 saturated carbocycles. The third-order valence-electron chi connectivity index (χ3n) is 4.41. The lowest BCUT2D eigenvalue weighted by Gasteiger charge is -2.44. The zero-order valence-electron chi connectivity index (χ0n) is 11.3. The molecule has 3 rings (SSSR count). The molecule has 1 fully saturated rings. The van der Waals surface area contributed by atoms with Crippen molar-refractivity contribution in [2.45, 2.75) is 37.3 Å². The minimum Gasteiger partial charge on any atom is -0.468 e. The Bertz CT molecular complexity index is 512. The highest BCUT2D eigenvalue weighted by molar-refractivity contribution is 5.86. The topological polar surface area (TPSA) is 49.8 Å². The number of piperidine rings is 1. The fraction of sp³-hybridized carbons (Fsp3) is 0.533. The van der Waals surface area contributed by atoms with Gasteiger partial charge in [-0.1, -0.05) is 18.2 Å². The Morgan fingerprint density at radius 1 is 1.47 bits per heavy atom. The number of benzene rings is 1. The molecule has 19 heavy (non-hydrogen) atoms. The van der Waals surface area contributed by atoms with Crippen molar-refractivity contribution in [3.05, 3.63) is 29.8 Å². The van der Waals surface area contributed by atoms with Crippen molar-refractivity contribution in [2.75, 3.05) is 18.6 Å². The van der Waals surface area contributed by atoms with Crippen molar-refractivity contribution in [3.8, 4) is 0 Å². The number of nitrogens with zero attached hydrogens (tertiary/aromatic N) is 1. The Morgan fingerprint density at radius 2 is 2.21 bits per heavy atom. The second-order valence-corrected chi connectivity index (χ2v) is 5.66. The number of carbonyl (C=O) groups is 1. The van der Waals surface area contributed by atoms with Gasteiger partial charge < -0.3 is 14.7 Å². The molecule has 102 valence electrons. The third kappa shape index (κ3) is 1.74. The molecule has 4 heteroatoms. The zero-order valence-corrected chi connectivity index (χ0v) is 11.3. The van der Waals surface area contributed by atoms with Gasteiger partial charge in [-0.2, -0.15) is 0 Å². The molecule has 1 N–H and O–H groups in total. The van der Waals surface area contributed by atoms with Crippen LogP contribution in [0.2, 0.25) is 0 Å². The van der Waals surface area contributed by atoms with Gasteiger partial charge in [0.05, 0.1) is 18.8 Å². The van der Waals surface area contributed by atoms with E-state index in [9.17, 15) is 9.90 Å². The maximum absolute atomic E-state index is 12.2. The van der Waals surface area contributed by atoms with Crippen LogP contribution < -0.4 is 4.90 Å². The first-order valence-electron chi connectivity index (χ1n) is 6.72. The average Bonchev–Trinajstić information content (AvgIpc) is 2.74. The predicted molar refractivity (Wildman–Crippen MR) is 72.2 cm³/mol. The molecule has 2 aliphatic heterocycles. The Kier molecular flexibility index (Phi) is 2.78. The van der Waals surface area contributed by atoms with Crippen LogP contribution in [-0.2, 0) is 9.53 Å². The molecule has 0 radical (unpaired) electrons. The summed E-state index contributed by atoms with van der Waals surface area (Å²) in [4.78, 5) is 14.3. The highest BCUT2D eigenvalue weighted by atomic mass is 16.5. The largest absolute Gasteiger partial charge is 0.468 e. The summed E-state index contributed by atoms with van der Waals surface area (Å²) in [5.41, 5.74) is 1.17.